The highest BCUT2D eigenvalue weighted by Gasteiger charge is 2.15. The molecule has 0 aliphatic carbocycles. The van der Waals surface area contributed by atoms with Gasteiger partial charge in [0.15, 0.2) is 41.7 Å². The zero-order valence-corrected chi connectivity index (χ0v) is 19.5. The first-order valence-electron chi connectivity index (χ1n) is 11.1. The summed E-state index contributed by atoms with van der Waals surface area (Å²) in [5.74, 6) is -10.4. The van der Waals surface area contributed by atoms with E-state index in [4.69, 9.17) is 14.2 Å². The Kier molecular flexibility index (Phi) is 8.32. The Balaban J connectivity index is 1.26. The molecule has 0 unspecified atom stereocenters. The summed E-state index contributed by atoms with van der Waals surface area (Å²) in [5.41, 5.74) is 2.77. The van der Waals surface area contributed by atoms with E-state index in [9.17, 15) is 31.1 Å². The fourth-order valence-electron chi connectivity index (χ4n) is 3.39. The summed E-state index contributed by atoms with van der Waals surface area (Å²) in [6, 6.07) is 16.4. The van der Waals surface area contributed by atoms with Gasteiger partial charge in [-0.2, -0.15) is 0 Å². The van der Waals surface area contributed by atoms with Gasteiger partial charge >= 0.3 is 5.97 Å². The maximum absolute atomic E-state index is 13.3. The minimum absolute atomic E-state index is 0.139. The number of hydrogen-bond donors (Lipinski definition) is 0. The normalized spacial score (nSPS) is 10.9. The molecular weight excluding hydrogens is 514 g/mol. The zero-order chi connectivity index (χ0) is 27.2. The van der Waals surface area contributed by atoms with Crippen LogP contribution in [0, 0.1) is 34.9 Å². The summed E-state index contributed by atoms with van der Waals surface area (Å²) < 4.78 is 94.3. The molecule has 0 aliphatic heterocycles. The van der Waals surface area contributed by atoms with Crippen molar-refractivity contribution in [2.75, 3.05) is 6.79 Å². The molecule has 0 fully saturated rings. The minimum Gasteiger partial charge on any atom is -0.467 e. The van der Waals surface area contributed by atoms with Crippen LogP contribution in [-0.4, -0.2) is 12.8 Å². The van der Waals surface area contributed by atoms with Crippen molar-refractivity contribution >= 4 is 5.97 Å². The van der Waals surface area contributed by atoms with Gasteiger partial charge in [-0.1, -0.05) is 36.4 Å². The van der Waals surface area contributed by atoms with E-state index in [0.29, 0.717) is 18.6 Å². The molecule has 196 valence electrons. The van der Waals surface area contributed by atoms with Crippen molar-refractivity contribution in [1.82, 2.24) is 0 Å². The number of ether oxygens (including phenoxy) is 3. The topological polar surface area (TPSA) is 44.8 Å². The van der Waals surface area contributed by atoms with Crippen molar-refractivity contribution in [3.63, 3.8) is 0 Å². The molecule has 0 aliphatic rings. The van der Waals surface area contributed by atoms with Crippen molar-refractivity contribution < 1.29 is 45.3 Å². The molecule has 4 aromatic rings. The van der Waals surface area contributed by atoms with Gasteiger partial charge in [-0.05, 0) is 35.2 Å². The monoisotopic (exact) mass is 532 g/mol. The molecule has 0 atom stereocenters. The SMILES string of the molecule is O=C(Oc1cc(F)c(F)c(F)c1)c1ccc(Cc2ccc(COCOc3cc(F)c(F)c(F)c3)cc2)cc1. The van der Waals surface area contributed by atoms with Gasteiger partial charge in [0.2, 0.25) is 0 Å². The number of halogens is 6. The van der Waals surface area contributed by atoms with Crippen molar-refractivity contribution in [3.05, 3.63) is 130 Å². The molecule has 0 heterocycles. The highest BCUT2D eigenvalue weighted by Crippen LogP contribution is 2.22. The van der Waals surface area contributed by atoms with Crippen molar-refractivity contribution in [3.8, 4) is 11.5 Å². The Labute approximate surface area is 213 Å². The molecule has 0 radical (unpaired) electrons. The second-order valence-corrected chi connectivity index (χ2v) is 8.09. The Bertz CT molecular complexity index is 1390. The van der Waals surface area contributed by atoms with Crippen LogP contribution in [0.1, 0.15) is 27.0 Å². The number of benzene rings is 4. The van der Waals surface area contributed by atoms with Gasteiger partial charge in [0.25, 0.3) is 0 Å². The zero-order valence-electron chi connectivity index (χ0n) is 19.5. The van der Waals surface area contributed by atoms with Crippen molar-refractivity contribution in [2.45, 2.75) is 13.0 Å². The third kappa shape index (κ3) is 6.71. The first-order valence-corrected chi connectivity index (χ1v) is 11.1. The van der Waals surface area contributed by atoms with Crippen LogP contribution in [-0.2, 0) is 17.8 Å². The quantitative estimate of drug-likeness (QED) is 0.0589. The van der Waals surface area contributed by atoms with E-state index in [2.05, 4.69) is 0 Å². The van der Waals surface area contributed by atoms with Crippen LogP contribution < -0.4 is 9.47 Å². The van der Waals surface area contributed by atoms with Gasteiger partial charge in [-0.15, -0.1) is 0 Å². The summed E-state index contributed by atoms with van der Waals surface area (Å²) >= 11 is 0. The van der Waals surface area contributed by atoms with Gasteiger partial charge in [0.1, 0.15) is 11.5 Å². The second kappa shape index (κ2) is 11.8. The molecule has 4 aromatic carbocycles. The molecule has 0 spiro atoms. The van der Waals surface area contributed by atoms with E-state index < -0.39 is 46.6 Å². The lowest BCUT2D eigenvalue weighted by atomic mass is 10.0. The maximum Gasteiger partial charge on any atom is 0.343 e. The Hall–Kier alpha value is -4.31. The summed E-state index contributed by atoms with van der Waals surface area (Å²) in [6.45, 7) is -0.142. The predicted molar refractivity (Wildman–Crippen MR) is 124 cm³/mol. The van der Waals surface area contributed by atoms with Gasteiger partial charge in [0.05, 0.1) is 12.2 Å². The van der Waals surface area contributed by atoms with E-state index in [-0.39, 0.29) is 24.7 Å². The highest BCUT2D eigenvalue weighted by atomic mass is 19.2. The molecule has 4 nitrogen and oxygen atoms in total. The lowest BCUT2D eigenvalue weighted by Gasteiger charge is -2.09. The number of carbonyl (C=O) groups is 1. The average Bonchev–Trinajstić information content (AvgIpc) is 2.89. The van der Waals surface area contributed by atoms with E-state index in [1.165, 1.54) is 12.1 Å². The molecule has 4 rings (SSSR count). The Morgan fingerprint density at radius 2 is 1.05 bits per heavy atom. The van der Waals surface area contributed by atoms with Crippen LogP contribution in [0.15, 0.2) is 72.8 Å². The molecule has 0 saturated heterocycles. The number of esters is 1. The summed E-state index contributed by atoms with van der Waals surface area (Å²) in [4.78, 5) is 12.2. The van der Waals surface area contributed by atoms with Crippen LogP contribution in [0.2, 0.25) is 0 Å². The highest BCUT2D eigenvalue weighted by molar-refractivity contribution is 5.91. The number of carbonyl (C=O) groups excluding carboxylic acids is 1. The average molecular weight is 532 g/mol. The molecule has 38 heavy (non-hydrogen) atoms. The second-order valence-electron chi connectivity index (χ2n) is 8.09. The summed E-state index contributed by atoms with van der Waals surface area (Å²) in [5, 5.41) is 0. The fraction of sp³-hybridized carbons (Fsp3) is 0.107. The molecule has 10 heteroatoms. The van der Waals surface area contributed by atoms with Crippen LogP contribution in [0.5, 0.6) is 11.5 Å². The molecule has 0 saturated carbocycles. The first kappa shape index (κ1) is 26.7. The van der Waals surface area contributed by atoms with Gasteiger partial charge in [0, 0.05) is 24.3 Å². The van der Waals surface area contributed by atoms with Crippen LogP contribution in [0.4, 0.5) is 26.3 Å². The van der Waals surface area contributed by atoms with E-state index in [1.54, 1.807) is 12.1 Å². The van der Waals surface area contributed by atoms with Crippen LogP contribution in [0.3, 0.4) is 0 Å². The van der Waals surface area contributed by atoms with Gasteiger partial charge in [-0.25, -0.2) is 31.1 Å². The first-order chi connectivity index (χ1) is 18.2. The lowest BCUT2D eigenvalue weighted by molar-refractivity contribution is 0.00464. The fourth-order valence-corrected chi connectivity index (χ4v) is 3.39. The standard InChI is InChI=1S/C28H18F6O4/c29-22-10-20(11-23(30)26(22)33)37-15-36-14-18-3-1-16(2-4-18)9-17-5-7-19(8-6-17)28(35)38-21-12-24(31)27(34)25(32)13-21/h1-8,10-13H,9,14-15H2. The van der Waals surface area contributed by atoms with Gasteiger partial charge in [-0.3, -0.25) is 0 Å². The lowest BCUT2D eigenvalue weighted by Crippen LogP contribution is -2.09. The summed E-state index contributed by atoms with van der Waals surface area (Å²) in [7, 11) is 0. The Morgan fingerprint density at radius 1 is 0.605 bits per heavy atom. The third-order valence-corrected chi connectivity index (χ3v) is 5.32. The largest absolute Gasteiger partial charge is 0.467 e. The molecule has 0 bridgehead atoms. The molecule has 0 aromatic heterocycles. The molecule has 0 amide bonds. The predicted octanol–water partition coefficient (Wildman–Crippen LogP) is 6.88. The smallest absolute Gasteiger partial charge is 0.343 e. The molecular formula is C28H18F6O4. The van der Waals surface area contributed by atoms with Gasteiger partial charge < -0.3 is 14.2 Å². The van der Waals surface area contributed by atoms with E-state index >= 15 is 0 Å². The third-order valence-electron chi connectivity index (χ3n) is 5.32. The molecule has 0 N–H and O–H groups in total. The van der Waals surface area contributed by atoms with Crippen molar-refractivity contribution in [1.29, 1.82) is 0 Å². The van der Waals surface area contributed by atoms with Crippen molar-refractivity contribution in [2.24, 2.45) is 0 Å². The maximum atomic E-state index is 13.3. The Morgan fingerprint density at radius 3 is 1.58 bits per heavy atom. The van der Waals surface area contributed by atoms with E-state index in [1.807, 2.05) is 24.3 Å². The summed E-state index contributed by atoms with van der Waals surface area (Å²) in [6.07, 6.45) is 0.537. The van der Waals surface area contributed by atoms with Crippen LogP contribution in [0.25, 0.3) is 0 Å². The number of hydrogen-bond acceptors (Lipinski definition) is 4. The minimum atomic E-state index is -1.65. The van der Waals surface area contributed by atoms with Crippen LogP contribution >= 0.6 is 0 Å². The van der Waals surface area contributed by atoms with E-state index in [0.717, 1.165) is 28.8 Å². The number of rotatable bonds is 9.